The quantitative estimate of drug-likeness (QED) is 0.683. The minimum Gasteiger partial charge on any atom is -0.497 e. The zero-order valence-electron chi connectivity index (χ0n) is 10.6. The summed E-state index contributed by atoms with van der Waals surface area (Å²) >= 11 is 3.51. The fourth-order valence-corrected chi connectivity index (χ4v) is 1.89. The van der Waals surface area contributed by atoms with Crippen LogP contribution in [-0.4, -0.2) is 38.6 Å². The Morgan fingerprint density at radius 1 is 1.33 bits per heavy atom. The zero-order valence-corrected chi connectivity index (χ0v) is 12.2. The summed E-state index contributed by atoms with van der Waals surface area (Å²) in [4.78, 5) is 0. The SMILES string of the molecule is COc1ccc(Br)c(CNCCCOCCO)c1. The fourth-order valence-electron chi connectivity index (χ4n) is 1.50. The van der Waals surface area contributed by atoms with E-state index < -0.39 is 0 Å². The van der Waals surface area contributed by atoms with Gasteiger partial charge in [-0.3, -0.25) is 0 Å². The number of nitrogens with one attached hydrogen (secondary N) is 1. The van der Waals surface area contributed by atoms with Gasteiger partial charge in [-0.25, -0.2) is 0 Å². The molecule has 0 saturated carbocycles. The van der Waals surface area contributed by atoms with Crippen molar-refractivity contribution in [3.05, 3.63) is 28.2 Å². The van der Waals surface area contributed by atoms with Gasteiger partial charge in [0.1, 0.15) is 5.75 Å². The van der Waals surface area contributed by atoms with Crippen LogP contribution < -0.4 is 10.1 Å². The number of rotatable bonds is 9. The average molecular weight is 318 g/mol. The molecule has 0 fully saturated rings. The molecule has 102 valence electrons. The molecule has 0 atom stereocenters. The van der Waals surface area contributed by atoms with Gasteiger partial charge in [0.05, 0.1) is 20.3 Å². The Bertz CT molecular complexity index is 347. The monoisotopic (exact) mass is 317 g/mol. The Kier molecular flexibility index (Phi) is 8.00. The van der Waals surface area contributed by atoms with E-state index in [4.69, 9.17) is 14.6 Å². The number of aliphatic hydroxyl groups is 1. The number of halogens is 1. The van der Waals surface area contributed by atoms with Gasteiger partial charge < -0.3 is 19.9 Å². The number of ether oxygens (including phenoxy) is 2. The van der Waals surface area contributed by atoms with Crippen molar-refractivity contribution in [3.8, 4) is 5.75 Å². The van der Waals surface area contributed by atoms with Gasteiger partial charge in [0.15, 0.2) is 0 Å². The van der Waals surface area contributed by atoms with Gasteiger partial charge in [0.2, 0.25) is 0 Å². The Hall–Kier alpha value is -0.620. The van der Waals surface area contributed by atoms with Crippen LogP contribution in [0, 0.1) is 0 Å². The van der Waals surface area contributed by atoms with Crippen LogP contribution >= 0.6 is 15.9 Å². The molecule has 1 aromatic carbocycles. The molecule has 1 rings (SSSR count). The molecule has 0 heterocycles. The van der Waals surface area contributed by atoms with Crippen molar-refractivity contribution in [2.75, 3.05) is 33.5 Å². The Balaban J connectivity index is 2.22. The van der Waals surface area contributed by atoms with Crippen LogP contribution in [0.15, 0.2) is 22.7 Å². The first-order chi connectivity index (χ1) is 8.77. The maximum absolute atomic E-state index is 8.54. The average Bonchev–Trinajstić information content (AvgIpc) is 2.39. The van der Waals surface area contributed by atoms with Gasteiger partial charge in [-0.15, -0.1) is 0 Å². The third-order valence-electron chi connectivity index (χ3n) is 2.45. The van der Waals surface area contributed by atoms with Crippen LogP contribution in [0.5, 0.6) is 5.75 Å². The highest BCUT2D eigenvalue weighted by molar-refractivity contribution is 9.10. The first-order valence-corrected chi connectivity index (χ1v) is 6.79. The lowest BCUT2D eigenvalue weighted by atomic mass is 10.2. The highest BCUT2D eigenvalue weighted by Crippen LogP contribution is 2.22. The normalized spacial score (nSPS) is 10.6. The summed E-state index contributed by atoms with van der Waals surface area (Å²) < 4.78 is 11.4. The number of hydrogen-bond acceptors (Lipinski definition) is 4. The smallest absolute Gasteiger partial charge is 0.119 e. The molecule has 0 amide bonds. The summed E-state index contributed by atoms with van der Waals surface area (Å²) in [5.41, 5.74) is 1.17. The molecule has 1 aromatic rings. The Morgan fingerprint density at radius 3 is 2.89 bits per heavy atom. The van der Waals surface area contributed by atoms with Crippen molar-refractivity contribution >= 4 is 15.9 Å². The molecule has 0 spiro atoms. The second kappa shape index (κ2) is 9.33. The first kappa shape index (κ1) is 15.4. The number of hydrogen-bond donors (Lipinski definition) is 2. The second-order valence-electron chi connectivity index (χ2n) is 3.82. The number of aliphatic hydroxyl groups excluding tert-OH is 1. The summed E-state index contributed by atoms with van der Waals surface area (Å²) in [5, 5.41) is 11.9. The van der Waals surface area contributed by atoms with E-state index in [1.807, 2.05) is 18.2 Å². The van der Waals surface area contributed by atoms with Crippen LogP contribution in [0.1, 0.15) is 12.0 Å². The molecule has 2 N–H and O–H groups in total. The van der Waals surface area contributed by atoms with E-state index in [9.17, 15) is 0 Å². The number of benzene rings is 1. The predicted octanol–water partition coefficient (Wildman–Crippen LogP) is 1.95. The van der Waals surface area contributed by atoms with E-state index >= 15 is 0 Å². The highest BCUT2D eigenvalue weighted by Gasteiger charge is 2.01. The van der Waals surface area contributed by atoms with E-state index in [-0.39, 0.29) is 6.61 Å². The van der Waals surface area contributed by atoms with Crippen molar-refractivity contribution in [2.45, 2.75) is 13.0 Å². The molecular weight excluding hydrogens is 298 g/mol. The van der Waals surface area contributed by atoms with Crippen molar-refractivity contribution in [1.29, 1.82) is 0 Å². The minimum absolute atomic E-state index is 0.0875. The van der Waals surface area contributed by atoms with Gasteiger partial charge >= 0.3 is 0 Å². The molecule has 0 aliphatic heterocycles. The maximum Gasteiger partial charge on any atom is 0.119 e. The lowest BCUT2D eigenvalue weighted by Gasteiger charge is -2.09. The van der Waals surface area contributed by atoms with Crippen molar-refractivity contribution in [2.24, 2.45) is 0 Å². The summed E-state index contributed by atoms with van der Waals surface area (Å²) in [7, 11) is 1.67. The molecule has 0 aromatic heterocycles. The molecule has 18 heavy (non-hydrogen) atoms. The third kappa shape index (κ3) is 5.82. The lowest BCUT2D eigenvalue weighted by molar-refractivity contribution is 0.0907. The summed E-state index contributed by atoms with van der Waals surface area (Å²) in [6, 6.07) is 5.93. The molecule has 0 aliphatic carbocycles. The summed E-state index contributed by atoms with van der Waals surface area (Å²) in [6.07, 6.45) is 0.932. The molecule has 4 nitrogen and oxygen atoms in total. The van der Waals surface area contributed by atoms with Crippen molar-refractivity contribution < 1.29 is 14.6 Å². The third-order valence-corrected chi connectivity index (χ3v) is 3.22. The molecule has 0 bridgehead atoms. The van der Waals surface area contributed by atoms with Gasteiger partial charge in [-0.1, -0.05) is 15.9 Å². The molecule has 0 radical (unpaired) electrons. The summed E-state index contributed by atoms with van der Waals surface area (Å²) in [5.74, 6) is 0.862. The highest BCUT2D eigenvalue weighted by atomic mass is 79.9. The van der Waals surface area contributed by atoms with Gasteiger partial charge in [-0.2, -0.15) is 0 Å². The molecule has 0 saturated heterocycles. The Morgan fingerprint density at radius 2 is 2.17 bits per heavy atom. The van der Waals surface area contributed by atoms with Gasteiger partial charge in [0.25, 0.3) is 0 Å². The van der Waals surface area contributed by atoms with Crippen LogP contribution in [0.2, 0.25) is 0 Å². The fraction of sp³-hybridized carbons (Fsp3) is 0.538. The zero-order chi connectivity index (χ0) is 13.2. The van der Waals surface area contributed by atoms with Crippen molar-refractivity contribution in [1.82, 2.24) is 5.32 Å². The largest absolute Gasteiger partial charge is 0.497 e. The lowest BCUT2D eigenvalue weighted by Crippen LogP contribution is -2.17. The molecular formula is C13H20BrNO3. The first-order valence-electron chi connectivity index (χ1n) is 5.99. The van der Waals surface area contributed by atoms with E-state index in [0.29, 0.717) is 13.2 Å². The van der Waals surface area contributed by atoms with Gasteiger partial charge in [-0.05, 0) is 36.7 Å². The minimum atomic E-state index is 0.0875. The van der Waals surface area contributed by atoms with E-state index in [2.05, 4.69) is 21.2 Å². The predicted molar refractivity (Wildman–Crippen MR) is 74.9 cm³/mol. The van der Waals surface area contributed by atoms with Crippen LogP contribution in [0.4, 0.5) is 0 Å². The van der Waals surface area contributed by atoms with Crippen molar-refractivity contribution in [3.63, 3.8) is 0 Å². The molecule has 0 unspecified atom stereocenters. The van der Waals surface area contributed by atoms with Crippen LogP contribution in [0.3, 0.4) is 0 Å². The molecule has 0 aliphatic rings. The standard InChI is InChI=1S/C13H20BrNO3/c1-17-12-3-4-13(14)11(9-12)10-15-5-2-7-18-8-6-16/h3-4,9,15-16H,2,5-8,10H2,1H3. The van der Waals surface area contributed by atoms with Crippen LogP contribution in [0.25, 0.3) is 0 Å². The molecule has 5 heteroatoms. The van der Waals surface area contributed by atoms with E-state index in [1.54, 1.807) is 7.11 Å². The maximum atomic E-state index is 8.54. The summed E-state index contributed by atoms with van der Waals surface area (Å²) in [6.45, 7) is 2.85. The van der Waals surface area contributed by atoms with Gasteiger partial charge in [0, 0.05) is 17.6 Å². The topological polar surface area (TPSA) is 50.7 Å². The van der Waals surface area contributed by atoms with E-state index in [1.165, 1.54) is 5.56 Å². The number of methoxy groups -OCH3 is 1. The van der Waals surface area contributed by atoms with E-state index in [0.717, 1.165) is 29.7 Å². The van der Waals surface area contributed by atoms with Crippen LogP contribution in [-0.2, 0) is 11.3 Å². The Labute approximate surface area is 116 Å². The second-order valence-corrected chi connectivity index (χ2v) is 4.68.